The summed E-state index contributed by atoms with van der Waals surface area (Å²) in [5.41, 5.74) is 0.271. The molecule has 0 unspecified atom stereocenters. The van der Waals surface area contributed by atoms with E-state index in [2.05, 4.69) is 20.8 Å². The quantitative estimate of drug-likeness (QED) is 0.920. The Hall–Kier alpha value is -1.40. The summed E-state index contributed by atoms with van der Waals surface area (Å²) in [4.78, 5) is 11.1. The van der Waals surface area contributed by atoms with E-state index >= 15 is 0 Å². The fourth-order valence-electron chi connectivity index (χ4n) is 4.59. The smallest absolute Gasteiger partial charge is 0.335 e. The summed E-state index contributed by atoms with van der Waals surface area (Å²) in [7, 11) is -3.58. The van der Waals surface area contributed by atoms with Crippen molar-refractivity contribution < 1.29 is 18.3 Å². The van der Waals surface area contributed by atoms with Gasteiger partial charge in [-0.3, -0.25) is 0 Å². The van der Waals surface area contributed by atoms with Crippen LogP contribution in [0.1, 0.15) is 50.4 Å². The number of aromatic carboxylic acids is 1. The van der Waals surface area contributed by atoms with Crippen molar-refractivity contribution in [1.82, 2.24) is 4.31 Å². The Bertz CT molecular complexity index is 738. The molecule has 0 aromatic heterocycles. The minimum absolute atomic E-state index is 0.0283. The second-order valence-electron chi connectivity index (χ2n) is 8.09. The van der Waals surface area contributed by atoms with Crippen molar-refractivity contribution in [3.05, 3.63) is 29.8 Å². The van der Waals surface area contributed by atoms with E-state index in [1.165, 1.54) is 24.3 Å². The Morgan fingerprint density at radius 2 is 1.78 bits per heavy atom. The lowest BCUT2D eigenvalue weighted by Gasteiger charge is -2.39. The van der Waals surface area contributed by atoms with E-state index in [0.29, 0.717) is 6.54 Å². The zero-order valence-corrected chi connectivity index (χ0v) is 14.6. The molecule has 1 N–H and O–H groups in total. The van der Waals surface area contributed by atoms with Crippen LogP contribution in [0, 0.1) is 10.8 Å². The standard InChI is InChI=1S/C17H23NO4S/c1-16(2)8-13-9-17(3,10-16)11-18(13)23(21,22)14-6-4-12(5-7-14)15(19)20/h4-7,13H,8-11H2,1-3H3,(H,19,20)/t13-,17+/m1/s1. The highest BCUT2D eigenvalue weighted by molar-refractivity contribution is 7.89. The van der Waals surface area contributed by atoms with E-state index in [1.54, 1.807) is 4.31 Å². The van der Waals surface area contributed by atoms with Gasteiger partial charge in [-0.2, -0.15) is 4.31 Å². The molecule has 126 valence electrons. The lowest BCUT2D eigenvalue weighted by atomic mass is 9.65. The van der Waals surface area contributed by atoms with Crippen molar-refractivity contribution in [2.75, 3.05) is 6.54 Å². The molecular formula is C17H23NO4S. The summed E-state index contributed by atoms with van der Waals surface area (Å²) in [5, 5.41) is 8.94. The number of hydrogen-bond acceptors (Lipinski definition) is 3. The largest absolute Gasteiger partial charge is 0.478 e. The molecule has 5 nitrogen and oxygen atoms in total. The lowest BCUT2D eigenvalue weighted by Crippen LogP contribution is -2.37. The third kappa shape index (κ3) is 2.90. The third-order valence-electron chi connectivity index (χ3n) is 5.07. The minimum Gasteiger partial charge on any atom is -0.478 e. The molecule has 1 aromatic rings. The van der Waals surface area contributed by atoms with Crippen molar-refractivity contribution in [3.8, 4) is 0 Å². The topological polar surface area (TPSA) is 74.7 Å². The Labute approximate surface area is 137 Å². The van der Waals surface area contributed by atoms with Crippen LogP contribution >= 0.6 is 0 Å². The molecule has 1 aromatic carbocycles. The number of carboxylic acids is 1. The fourth-order valence-corrected chi connectivity index (χ4v) is 6.37. The predicted octanol–water partition coefficient (Wildman–Crippen LogP) is 2.97. The maximum atomic E-state index is 13.0. The Morgan fingerprint density at radius 3 is 2.35 bits per heavy atom. The molecule has 2 aliphatic rings. The van der Waals surface area contributed by atoms with Gasteiger partial charge >= 0.3 is 5.97 Å². The van der Waals surface area contributed by atoms with Crippen LogP contribution in [0.4, 0.5) is 0 Å². The van der Waals surface area contributed by atoms with Gasteiger partial charge in [-0.15, -0.1) is 0 Å². The van der Waals surface area contributed by atoms with Crippen molar-refractivity contribution >= 4 is 16.0 Å². The molecule has 1 saturated carbocycles. The normalized spacial score (nSPS) is 30.3. The lowest BCUT2D eigenvalue weighted by molar-refractivity contribution is 0.0696. The first-order valence-corrected chi connectivity index (χ1v) is 9.32. The van der Waals surface area contributed by atoms with Crippen molar-refractivity contribution in [1.29, 1.82) is 0 Å². The van der Waals surface area contributed by atoms with E-state index in [0.717, 1.165) is 19.3 Å². The van der Waals surface area contributed by atoms with E-state index in [4.69, 9.17) is 5.11 Å². The molecule has 0 spiro atoms. The summed E-state index contributed by atoms with van der Waals surface area (Å²) >= 11 is 0. The van der Waals surface area contributed by atoms with Crippen LogP contribution in [0.25, 0.3) is 0 Å². The van der Waals surface area contributed by atoms with Crippen molar-refractivity contribution in [3.63, 3.8) is 0 Å². The third-order valence-corrected chi connectivity index (χ3v) is 6.99. The minimum atomic E-state index is -3.58. The molecule has 1 aliphatic heterocycles. The van der Waals surface area contributed by atoms with E-state index in [9.17, 15) is 13.2 Å². The maximum absolute atomic E-state index is 13.0. The van der Waals surface area contributed by atoms with Gasteiger partial charge in [0.05, 0.1) is 10.5 Å². The second-order valence-corrected chi connectivity index (χ2v) is 9.98. The summed E-state index contributed by atoms with van der Waals surface area (Å²) in [6.45, 7) is 7.12. The molecule has 2 atom stereocenters. The Balaban J connectivity index is 1.93. The monoisotopic (exact) mass is 337 g/mol. The highest BCUT2D eigenvalue weighted by Crippen LogP contribution is 2.53. The Morgan fingerprint density at radius 1 is 1.17 bits per heavy atom. The van der Waals surface area contributed by atoms with Gasteiger partial charge in [-0.05, 0) is 54.4 Å². The second kappa shape index (κ2) is 5.05. The molecule has 23 heavy (non-hydrogen) atoms. The van der Waals surface area contributed by atoms with Crippen LogP contribution in [0.5, 0.6) is 0 Å². The van der Waals surface area contributed by atoms with E-state index < -0.39 is 16.0 Å². The van der Waals surface area contributed by atoms with Crippen LogP contribution < -0.4 is 0 Å². The van der Waals surface area contributed by atoms with Crippen LogP contribution in [-0.2, 0) is 10.0 Å². The molecule has 0 amide bonds. The highest BCUT2D eigenvalue weighted by Gasteiger charge is 2.53. The van der Waals surface area contributed by atoms with Gasteiger partial charge in [0.1, 0.15) is 0 Å². The predicted molar refractivity (Wildman–Crippen MR) is 86.8 cm³/mol. The first-order chi connectivity index (χ1) is 10.5. The van der Waals surface area contributed by atoms with E-state index in [-0.39, 0.29) is 27.3 Å². The van der Waals surface area contributed by atoms with Crippen LogP contribution in [0.3, 0.4) is 0 Å². The van der Waals surface area contributed by atoms with E-state index in [1.807, 2.05) is 0 Å². The van der Waals surface area contributed by atoms with Crippen LogP contribution in [-0.4, -0.2) is 36.4 Å². The number of fused-ring (bicyclic) bond motifs is 2. The zero-order valence-electron chi connectivity index (χ0n) is 13.7. The number of hydrogen-bond donors (Lipinski definition) is 1. The van der Waals surface area contributed by atoms with Gasteiger partial charge in [0.2, 0.25) is 10.0 Å². The molecule has 3 rings (SSSR count). The van der Waals surface area contributed by atoms with Gasteiger partial charge < -0.3 is 5.11 Å². The number of carboxylic acid groups (broad SMARTS) is 1. The summed E-state index contributed by atoms with van der Waals surface area (Å²) in [6.07, 6.45) is 2.80. The number of rotatable bonds is 3. The van der Waals surface area contributed by atoms with Crippen LogP contribution in [0.2, 0.25) is 0 Å². The average Bonchev–Trinajstić information content (AvgIpc) is 2.68. The van der Waals surface area contributed by atoms with Gasteiger partial charge in [0.15, 0.2) is 0 Å². The summed E-state index contributed by atoms with van der Waals surface area (Å²) < 4.78 is 27.6. The first kappa shape index (κ1) is 16.5. The molecule has 1 aliphatic carbocycles. The first-order valence-electron chi connectivity index (χ1n) is 7.88. The summed E-state index contributed by atoms with van der Waals surface area (Å²) in [6, 6.07) is 5.53. The van der Waals surface area contributed by atoms with Crippen LogP contribution in [0.15, 0.2) is 29.2 Å². The van der Waals surface area contributed by atoms with Gasteiger partial charge in [-0.25, -0.2) is 13.2 Å². The molecule has 1 heterocycles. The van der Waals surface area contributed by atoms with Crippen molar-refractivity contribution in [2.45, 2.75) is 51.0 Å². The number of carbonyl (C=O) groups is 1. The molecular weight excluding hydrogens is 314 g/mol. The number of sulfonamides is 1. The van der Waals surface area contributed by atoms with Gasteiger partial charge in [0, 0.05) is 12.6 Å². The van der Waals surface area contributed by atoms with Gasteiger partial charge in [0.25, 0.3) is 0 Å². The highest BCUT2D eigenvalue weighted by atomic mass is 32.2. The molecule has 2 bridgehead atoms. The SMILES string of the molecule is CC1(C)C[C@@H]2C[C@](C)(CN2S(=O)(=O)c2ccc(C(=O)O)cc2)C1. The zero-order chi connectivity index (χ0) is 17.0. The fraction of sp³-hybridized carbons (Fsp3) is 0.588. The number of benzene rings is 1. The average molecular weight is 337 g/mol. The molecule has 6 heteroatoms. The van der Waals surface area contributed by atoms with Gasteiger partial charge in [-0.1, -0.05) is 20.8 Å². The molecule has 0 radical (unpaired) electrons. The molecule has 2 fully saturated rings. The molecule has 1 saturated heterocycles. The Kier molecular flexibility index (Phi) is 3.61. The number of nitrogens with zero attached hydrogens (tertiary/aromatic N) is 1. The maximum Gasteiger partial charge on any atom is 0.335 e. The summed E-state index contributed by atoms with van der Waals surface area (Å²) in [5.74, 6) is -1.06. The van der Waals surface area contributed by atoms with Crippen molar-refractivity contribution in [2.24, 2.45) is 10.8 Å².